The molecule has 1 fully saturated rings. The molecular weight excluding hydrogens is 370 g/mol. The Bertz CT molecular complexity index is 865. The minimum atomic E-state index is 0.0869. The Hall–Kier alpha value is -2.98. The van der Waals surface area contributed by atoms with Crippen LogP contribution in [0.2, 0.25) is 0 Å². The summed E-state index contributed by atoms with van der Waals surface area (Å²) in [6.45, 7) is 3.86. The van der Waals surface area contributed by atoms with E-state index in [1.165, 1.54) is 11.1 Å². The van der Waals surface area contributed by atoms with E-state index in [1.807, 2.05) is 12.1 Å². The van der Waals surface area contributed by atoms with Crippen molar-refractivity contribution in [1.82, 2.24) is 9.88 Å². The van der Waals surface area contributed by atoms with Gasteiger partial charge in [0.1, 0.15) is 0 Å². The molecule has 0 saturated carbocycles. The lowest BCUT2D eigenvalue weighted by atomic mass is 9.68. The fraction of sp³-hybridized carbons (Fsp3) is 0.308. The van der Waals surface area contributed by atoms with Crippen molar-refractivity contribution in [3.05, 3.63) is 96.3 Å². The van der Waals surface area contributed by atoms with Crippen LogP contribution in [0, 0.1) is 0 Å². The molecule has 0 bridgehead atoms. The number of pyridine rings is 1. The number of hydrogen-bond donors (Lipinski definition) is 0. The van der Waals surface area contributed by atoms with E-state index >= 15 is 0 Å². The first-order valence-corrected chi connectivity index (χ1v) is 10.8. The number of benzene rings is 2. The predicted molar refractivity (Wildman–Crippen MR) is 122 cm³/mol. The van der Waals surface area contributed by atoms with Gasteiger partial charge in [0.15, 0.2) is 0 Å². The fourth-order valence-corrected chi connectivity index (χ4v) is 4.65. The van der Waals surface area contributed by atoms with Crippen LogP contribution in [0.15, 0.2) is 85.2 Å². The van der Waals surface area contributed by atoms with Crippen LogP contribution in [-0.4, -0.2) is 42.5 Å². The number of anilines is 1. The summed E-state index contributed by atoms with van der Waals surface area (Å²) in [6.07, 6.45) is 7.55. The third-order valence-corrected chi connectivity index (χ3v) is 6.34. The smallest absolute Gasteiger partial charge is 0.214 e. The van der Waals surface area contributed by atoms with Gasteiger partial charge in [0.25, 0.3) is 0 Å². The minimum absolute atomic E-state index is 0.0869. The molecule has 3 aromatic rings. The maximum Gasteiger partial charge on any atom is 0.214 e. The van der Waals surface area contributed by atoms with Crippen molar-refractivity contribution in [2.24, 2.45) is 0 Å². The highest BCUT2D eigenvalue weighted by molar-refractivity contribution is 5.74. The number of hydrogen-bond acceptors (Lipinski definition) is 3. The first-order chi connectivity index (χ1) is 14.8. The van der Waals surface area contributed by atoms with E-state index in [2.05, 4.69) is 70.5 Å². The van der Waals surface area contributed by atoms with Crippen molar-refractivity contribution in [2.45, 2.75) is 24.7 Å². The molecule has 1 aliphatic heterocycles. The van der Waals surface area contributed by atoms with Gasteiger partial charge in [-0.1, -0.05) is 60.7 Å². The van der Waals surface area contributed by atoms with E-state index in [0.717, 1.165) is 51.0 Å². The average Bonchev–Trinajstić information content (AvgIpc) is 2.84. The lowest BCUT2D eigenvalue weighted by Crippen LogP contribution is -2.44. The zero-order chi connectivity index (χ0) is 20.7. The summed E-state index contributed by atoms with van der Waals surface area (Å²) in [6, 6.07) is 25.7. The molecule has 2 aromatic carbocycles. The Morgan fingerprint density at radius 1 is 0.900 bits per heavy atom. The number of nitrogens with zero attached hydrogens (tertiary/aromatic N) is 3. The molecule has 1 aliphatic rings. The molecule has 154 valence electrons. The van der Waals surface area contributed by atoms with E-state index in [0.29, 0.717) is 6.54 Å². The van der Waals surface area contributed by atoms with Crippen LogP contribution in [0.1, 0.15) is 30.4 Å². The van der Waals surface area contributed by atoms with Crippen LogP contribution < -0.4 is 4.90 Å². The number of amides is 1. The zero-order valence-corrected chi connectivity index (χ0v) is 17.4. The molecule has 1 aromatic heterocycles. The van der Waals surface area contributed by atoms with Gasteiger partial charge in [-0.25, -0.2) is 0 Å². The van der Waals surface area contributed by atoms with Gasteiger partial charge in [-0.15, -0.1) is 0 Å². The van der Waals surface area contributed by atoms with Gasteiger partial charge in [-0.3, -0.25) is 9.78 Å². The quantitative estimate of drug-likeness (QED) is 0.523. The number of carbonyl (C=O) groups is 1. The lowest BCUT2D eigenvalue weighted by molar-refractivity contribution is -0.107. The molecular formula is C26H29N3O. The number of aromatic nitrogens is 1. The van der Waals surface area contributed by atoms with Crippen molar-refractivity contribution in [1.29, 1.82) is 0 Å². The molecule has 2 heterocycles. The largest absolute Gasteiger partial charge is 0.313 e. The summed E-state index contributed by atoms with van der Waals surface area (Å²) in [7, 11) is 0. The second-order valence-electron chi connectivity index (χ2n) is 8.02. The van der Waals surface area contributed by atoms with Crippen LogP contribution in [0.4, 0.5) is 5.69 Å². The maximum absolute atomic E-state index is 11.5. The van der Waals surface area contributed by atoms with E-state index in [1.54, 1.807) is 17.3 Å². The number of rotatable bonds is 8. The molecule has 0 atom stereocenters. The van der Waals surface area contributed by atoms with Gasteiger partial charge in [0, 0.05) is 18.2 Å². The third-order valence-electron chi connectivity index (χ3n) is 6.34. The molecule has 1 amide bonds. The second kappa shape index (κ2) is 9.68. The Balaban J connectivity index is 1.38. The van der Waals surface area contributed by atoms with Gasteiger partial charge in [-0.05, 0) is 62.2 Å². The molecule has 4 rings (SSSR count). The highest BCUT2D eigenvalue weighted by Gasteiger charge is 2.37. The van der Waals surface area contributed by atoms with Crippen molar-refractivity contribution >= 4 is 12.1 Å². The topological polar surface area (TPSA) is 36.4 Å². The van der Waals surface area contributed by atoms with Gasteiger partial charge in [-0.2, -0.15) is 0 Å². The maximum atomic E-state index is 11.5. The molecule has 4 nitrogen and oxygen atoms in total. The Labute approximate surface area is 179 Å². The van der Waals surface area contributed by atoms with Crippen LogP contribution >= 0.6 is 0 Å². The number of piperidine rings is 1. The molecule has 0 unspecified atom stereocenters. The van der Waals surface area contributed by atoms with Crippen LogP contribution in [0.3, 0.4) is 0 Å². The SMILES string of the molecule is O=CN(CCCN1CCC(c2ccccc2)(c2ccccc2)CC1)c1cccnc1. The minimum Gasteiger partial charge on any atom is -0.313 e. The van der Waals surface area contributed by atoms with Crippen molar-refractivity contribution in [3.8, 4) is 0 Å². The molecule has 0 spiro atoms. The summed E-state index contributed by atoms with van der Waals surface area (Å²) in [5.74, 6) is 0. The average molecular weight is 400 g/mol. The molecule has 1 saturated heterocycles. The highest BCUT2D eigenvalue weighted by Crippen LogP contribution is 2.41. The Morgan fingerprint density at radius 2 is 1.53 bits per heavy atom. The molecule has 0 aliphatic carbocycles. The second-order valence-corrected chi connectivity index (χ2v) is 8.02. The summed E-state index contributed by atoms with van der Waals surface area (Å²) >= 11 is 0. The predicted octanol–water partition coefficient (Wildman–Crippen LogP) is 4.52. The van der Waals surface area contributed by atoms with Crippen molar-refractivity contribution in [3.63, 3.8) is 0 Å². The van der Waals surface area contributed by atoms with Crippen LogP contribution in [0.5, 0.6) is 0 Å². The van der Waals surface area contributed by atoms with Gasteiger partial charge < -0.3 is 9.80 Å². The number of carbonyl (C=O) groups excluding carboxylic acids is 1. The first-order valence-electron chi connectivity index (χ1n) is 10.8. The summed E-state index contributed by atoms with van der Waals surface area (Å²) in [5, 5.41) is 0. The normalized spacial score (nSPS) is 16.1. The summed E-state index contributed by atoms with van der Waals surface area (Å²) < 4.78 is 0. The summed E-state index contributed by atoms with van der Waals surface area (Å²) in [5.41, 5.74) is 3.78. The first kappa shape index (κ1) is 20.3. The van der Waals surface area contributed by atoms with Gasteiger partial charge in [0.2, 0.25) is 6.41 Å². The van der Waals surface area contributed by atoms with E-state index < -0.39 is 0 Å². The molecule has 0 radical (unpaired) electrons. The van der Waals surface area contributed by atoms with Gasteiger partial charge in [0.05, 0.1) is 11.9 Å². The molecule has 4 heteroatoms. The lowest BCUT2D eigenvalue weighted by Gasteiger charge is -2.43. The van der Waals surface area contributed by atoms with E-state index in [-0.39, 0.29) is 5.41 Å². The molecule has 30 heavy (non-hydrogen) atoms. The number of likely N-dealkylation sites (tertiary alicyclic amines) is 1. The monoisotopic (exact) mass is 399 g/mol. The zero-order valence-electron chi connectivity index (χ0n) is 17.4. The standard InChI is InChI=1S/C26H29N3O/c30-22-29(25-13-7-16-27-21-25)18-8-17-28-19-14-26(15-20-28,23-9-3-1-4-10-23)24-11-5-2-6-12-24/h1-7,9-13,16,21-22H,8,14-15,17-20H2. The molecule has 0 N–H and O–H groups in total. The van der Waals surface area contributed by atoms with E-state index in [9.17, 15) is 4.79 Å². The summed E-state index contributed by atoms with van der Waals surface area (Å²) in [4.78, 5) is 19.9. The third kappa shape index (κ3) is 4.44. The van der Waals surface area contributed by atoms with Gasteiger partial charge >= 0.3 is 0 Å². The Morgan fingerprint density at radius 3 is 2.07 bits per heavy atom. The highest BCUT2D eigenvalue weighted by atomic mass is 16.1. The van der Waals surface area contributed by atoms with Crippen molar-refractivity contribution in [2.75, 3.05) is 31.1 Å². The van der Waals surface area contributed by atoms with Crippen molar-refractivity contribution < 1.29 is 4.79 Å². The van der Waals surface area contributed by atoms with Crippen LogP contribution in [0.25, 0.3) is 0 Å². The fourth-order valence-electron chi connectivity index (χ4n) is 4.65. The van der Waals surface area contributed by atoms with E-state index in [4.69, 9.17) is 0 Å². The van der Waals surface area contributed by atoms with Crippen LogP contribution in [-0.2, 0) is 10.2 Å². The Kier molecular flexibility index (Phi) is 6.55.